The van der Waals surface area contributed by atoms with Crippen molar-refractivity contribution in [3.05, 3.63) is 61.3 Å². The molecule has 0 saturated heterocycles. The first kappa shape index (κ1) is 14.4. The molecule has 0 aromatic heterocycles. The first-order valence-electron chi connectivity index (χ1n) is 5.58. The van der Waals surface area contributed by atoms with E-state index in [1.54, 1.807) is 12.1 Å². The van der Waals surface area contributed by atoms with Gasteiger partial charge in [-0.05, 0) is 19.1 Å². The lowest BCUT2D eigenvalue weighted by Crippen LogP contribution is -2.40. The molecule has 0 aliphatic rings. The van der Waals surface area contributed by atoms with E-state index >= 15 is 0 Å². The van der Waals surface area contributed by atoms with Crippen LogP contribution in [0.2, 0.25) is 6.55 Å². The average molecular weight is 261 g/mol. The summed E-state index contributed by atoms with van der Waals surface area (Å²) in [6, 6.07) is 7.22. The lowest BCUT2D eigenvalue weighted by atomic mass is 10.2. The molecule has 95 valence electrons. The molecule has 0 bridgehead atoms. The molecule has 0 atom stereocenters. The quantitative estimate of drug-likeness (QED) is 0.448. The molecule has 0 unspecified atom stereocenters. The Bertz CT molecular complexity index is 429. The van der Waals surface area contributed by atoms with Crippen molar-refractivity contribution in [3.63, 3.8) is 0 Å². The van der Waals surface area contributed by atoms with Gasteiger partial charge in [-0.2, -0.15) is 4.89 Å². The summed E-state index contributed by atoms with van der Waals surface area (Å²) in [4.78, 5) is 20.5. The van der Waals surface area contributed by atoms with E-state index < -0.39 is 14.0 Å². The fourth-order valence-electron chi connectivity index (χ4n) is 1.43. The second-order valence-electron chi connectivity index (χ2n) is 3.96. The highest BCUT2D eigenvalue weighted by atomic mass is 28.3. The minimum absolute atomic E-state index is 0.0851. The third-order valence-corrected chi connectivity index (χ3v) is 6.08. The van der Waals surface area contributed by atoms with Crippen molar-refractivity contribution < 1.29 is 14.6 Å². The van der Waals surface area contributed by atoms with Gasteiger partial charge in [0.1, 0.15) is 8.07 Å². The molecular formula is C14H17O3Si. The van der Waals surface area contributed by atoms with E-state index in [-0.39, 0.29) is 6.61 Å². The predicted octanol–water partition coefficient (Wildman–Crippen LogP) is 2.35. The highest BCUT2D eigenvalue weighted by Gasteiger charge is 2.21. The van der Waals surface area contributed by atoms with Crippen LogP contribution in [0.3, 0.4) is 0 Å². The lowest BCUT2D eigenvalue weighted by molar-refractivity contribution is -0.232. The van der Waals surface area contributed by atoms with Gasteiger partial charge in [-0.3, -0.25) is 4.89 Å². The summed E-state index contributed by atoms with van der Waals surface area (Å²) in [5.74, 6) is -0.522. The van der Waals surface area contributed by atoms with Crippen molar-refractivity contribution in [3.8, 4) is 0 Å². The first-order chi connectivity index (χ1) is 8.57. The molecule has 4 heteroatoms. The third kappa shape index (κ3) is 3.18. The normalized spacial score (nSPS) is 10.8. The fraction of sp³-hybridized carbons (Fsp3) is 0.143. The molecule has 1 aromatic rings. The van der Waals surface area contributed by atoms with Crippen molar-refractivity contribution in [2.45, 2.75) is 6.55 Å². The zero-order valence-electron chi connectivity index (χ0n) is 10.5. The number of rotatable bonds is 6. The number of hydrogen-bond donors (Lipinski definition) is 0. The maximum atomic E-state index is 11.5. The van der Waals surface area contributed by atoms with E-state index in [0.717, 1.165) is 5.19 Å². The van der Waals surface area contributed by atoms with Gasteiger partial charge in [0, 0.05) is 0 Å². The van der Waals surface area contributed by atoms with Crippen LogP contribution in [0.15, 0.2) is 48.8 Å². The van der Waals surface area contributed by atoms with Crippen LogP contribution in [0.25, 0.3) is 0 Å². The van der Waals surface area contributed by atoms with Gasteiger partial charge in [0.25, 0.3) is 0 Å². The molecule has 0 aliphatic carbocycles. The number of hydrogen-bond acceptors (Lipinski definition) is 3. The number of carbonyl (C=O) groups is 1. The molecule has 0 fully saturated rings. The van der Waals surface area contributed by atoms with Crippen LogP contribution in [-0.2, 0) is 9.78 Å². The summed E-state index contributed by atoms with van der Waals surface area (Å²) in [6.45, 7) is 13.3. The maximum Gasteiger partial charge on any atom is 0.373 e. The largest absolute Gasteiger partial charge is 0.373 e. The highest BCUT2D eigenvalue weighted by Crippen LogP contribution is 2.08. The molecule has 3 nitrogen and oxygen atoms in total. The smallest absolute Gasteiger partial charge is 0.293 e. The van der Waals surface area contributed by atoms with Gasteiger partial charge in [0.2, 0.25) is 0 Å². The Balaban J connectivity index is 2.89. The Morgan fingerprint density at radius 3 is 2.28 bits per heavy atom. The van der Waals surface area contributed by atoms with Crippen molar-refractivity contribution in [2.24, 2.45) is 0 Å². The summed E-state index contributed by atoms with van der Waals surface area (Å²) < 4.78 is 0. The molecule has 0 aliphatic heterocycles. The first-order valence-corrected chi connectivity index (χ1v) is 8.23. The van der Waals surface area contributed by atoms with Crippen LogP contribution in [0.1, 0.15) is 10.4 Å². The third-order valence-electron chi connectivity index (χ3n) is 2.81. The molecule has 18 heavy (non-hydrogen) atoms. The summed E-state index contributed by atoms with van der Waals surface area (Å²) in [5, 5.41) is 1.14. The molecule has 0 heterocycles. The minimum Gasteiger partial charge on any atom is -0.293 e. The van der Waals surface area contributed by atoms with Gasteiger partial charge in [-0.1, -0.05) is 35.3 Å². The fourth-order valence-corrected chi connectivity index (χ4v) is 2.95. The highest BCUT2D eigenvalue weighted by molar-refractivity contribution is 6.98. The van der Waals surface area contributed by atoms with E-state index in [4.69, 9.17) is 0 Å². The predicted molar refractivity (Wildman–Crippen MR) is 74.8 cm³/mol. The zero-order valence-corrected chi connectivity index (χ0v) is 11.5. The SMILES string of the molecule is [CH2]COOC(=O)c1ccc([Si](C)(C=C)C=C)cc1. The van der Waals surface area contributed by atoms with Crippen LogP contribution in [0.5, 0.6) is 0 Å². The van der Waals surface area contributed by atoms with Crippen molar-refractivity contribution in [2.75, 3.05) is 6.61 Å². The Morgan fingerprint density at radius 2 is 1.83 bits per heavy atom. The van der Waals surface area contributed by atoms with Gasteiger partial charge >= 0.3 is 5.97 Å². The van der Waals surface area contributed by atoms with E-state index in [1.165, 1.54) is 0 Å². The average Bonchev–Trinajstić information content (AvgIpc) is 2.44. The van der Waals surface area contributed by atoms with Crippen molar-refractivity contribution in [1.82, 2.24) is 0 Å². The van der Waals surface area contributed by atoms with Gasteiger partial charge in [0.05, 0.1) is 12.2 Å². The monoisotopic (exact) mass is 261 g/mol. The van der Waals surface area contributed by atoms with Crippen LogP contribution in [0.4, 0.5) is 0 Å². The Labute approximate surface area is 109 Å². The van der Waals surface area contributed by atoms with Crippen LogP contribution in [-0.4, -0.2) is 20.7 Å². The number of carbonyl (C=O) groups excluding carboxylic acids is 1. The van der Waals surface area contributed by atoms with Gasteiger partial charge in [-0.15, -0.1) is 13.2 Å². The second-order valence-corrected chi connectivity index (χ2v) is 7.92. The molecule has 0 amide bonds. The summed E-state index contributed by atoms with van der Waals surface area (Å²) in [7, 11) is -1.82. The molecule has 0 spiro atoms. The Hall–Kier alpha value is -1.65. The topological polar surface area (TPSA) is 35.5 Å². The van der Waals surface area contributed by atoms with E-state index in [9.17, 15) is 4.79 Å². The molecule has 1 aromatic carbocycles. The van der Waals surface area contributed by atoms with Crippen molar-refractivity contribution in [1.29, 1.82) is 0 Å². The minimum atomic E-state index is -1.82. The standard InChI is InChI=1S/C14H17O3Si/c1-5-16-17-14(15)12-8-10-13(11-9-12)18(4,6-2)7-3/h6-11H,1-3,5H2,4H3. The molecular weight excluding hydrogens is 244 g/mol. The van der Waals surface area contributed by atoms with Gasteiger partial charge in [0.15, 0.2) is 0 Å². The van der Waals surface area contributed by atoms with E-state index in [0.29, 0.717) is 5.56 Å². The number of benzene rings is 1. The summed E-state index contributed by atoms with van der Waals surface area (Å²) in [6.07, 6.45) is 0. The molecule has 0 saturated carbocycles. The van der Waals surface area contributed by atoms with E-state index in [1.807, 2.05) is 23.5 Å². The second kappa shape index (κ2) is 6.33. The molecule has 1 rings (SSSR count). The Kier molecular flexibility index (Phi) is 5.06. The lowest BCUT2D eigenvalue weighted by Gasteiger charge is -2.18. The Morgan fingerprint density at radius 1 is 1.28 bits per heavy atom. The van der Waals surface area contributed by atoms with Crippen LogP contribution >= 0.6 is 0 Å². The summed E-state index contributed by atoms with van der Waals surface area (Å²) in [5.41, 5.74) is 4.33. The van der Waals surface area contributed by atoms with Crippen LogP contribution < -0.4 is 5.19 Å². The zero-order chi connectivity index (χ0) is 13.6. The van der Waals surface area contributed by atoms with Crippen LogP contribution in [0, 0.1) is 6.92 Å². The maximum absolute atomic E-state index is 11.5. The molecule has 1 radical (unpaired) electrons. The summed E-state index contributed by atoms with van der Waals surface area (Å²) >= 11 is 0. The van der Waals surface area contributed by atoms with Gasteiger partial charge < -0.3 is 0 Å². The molecule has 0 N–H and O–H groups in total. The van der Waals surface area contributed by atoms with Crippen molar-refractivity contribution >= 4 is 19.2 Å². The van der Waals surface area contributed by atoms with Gasteiger partial charge in [-0.25, -0.2) is 4.79 Å². The van der Waals surface area contributed by atoms with E-state index in [2.05, 4.69) is 36.4 Å².